The minimum Gasteiger partial charge on any atom is -0.389 e. The maximum atomic E-state index is 12.8. The van der Waals surface area contributed by atoms with Crippen LogP contribution in [0.3, 0.4) is 0 Å². The highest BCUT2D eigenvalue weighted by molar-refractivity contribution is 7.80. The number of aliphatic hydroxyl groups is 4. The smallest absolute Gasteiger partial charge is 0.389 e. The third kappa shape index (κ3) is 15.3. The highest BCUT2D eigenvalue weighted by Gasteiger charge is 2.43. The van der Waals surface area contributed by atoms with E-state index in [2.05, 4.69) is 20.4 Å². The number of alkyl halides is 6. The molecule has 4 aliphatic heterocycles. The highest BCUT2D eigenvalue weighted by Crippen LogP contribution is 2.37. The second-order valence-electron chi connectivity index (χ2n) is 19.7. The number of hydrogen-bond donors (Lipinski definition) is 6. The van der Waals surface area contributed by atoms with Gasteiger partial charge in [-0.25, -0.2) is 4.79 Å². The number of anilines is 2. The van der Waals surface area contributed by atoms with Crippen LogP contribution in [0.1, 0.15) is 85.5 Å². The summed E-state index contributed by atoms with van der Waals surface area (Å²) in [5, 5.41) is 52.0. The number of carbonyl (C=O) groups is 1. The van der Waals surface area contributed by atoms with E-state index in [1.54, 1.807) is 65.6 Å². The van der Waals surface area contributed by atoms with Crippen molar-refractivity contribution in [1.82, 2.24) is 19.6 Å². The Bertz CT molecular complexity index is 2350. The van der Waals surface area contributed by atoms with Crippen LogP contribution in [0.4, 0.5) is 42.5 Å². The molecule has 74 heavy (non-hydrogen) atoms. The molecule has 22 heteroatoms. The van der Waals surface area contributed by atoms with E-state index in [-0.39, 0.29) is 43.8 Å². The Hall–Kier alpha value is -3.66. The molecule has 0 radical (unpaired) electrons. The first-order valence-corrected chi connectivity index (χ1v) is 26.4. The summed E-state index contributed by atoms with van der Waals surface area (Å²) in [6.07, 6.45) is -6.22. The van der Waals surface area contributed by atoms with Crippen LogP contribution >= 0.6 is 58.6 Å². The van der Waals surface area contributed by atoms with E-state index in [0.717, 1.165) is 66.8 Å². The molecule has 11 nitrogen and oxygen atoms in total. The van der Waals surface area contributed by atoms with Gasteiger partial charge in [-0.3, -0.25) is 0 Å². The van der Waals surface area contributed by atoms with Crippen LogP contribution in [-0.4, -0.2) is 140 Å². The molecule has 2 atom stereocenters. The molecule has 2 unspecified atom stereocenters. The number of amides is 2. The van der Waals surface area contributed by atoms with Crippen molar-refractivity contribution in [3.63, 3.8) is 0 Å². The van der Waals surface area contributed by atoms with Crippen LogP contribution in [-0.2, 0) is 12.4 Å². The minimum atomic E-state index is -4.34. The van der Waals surface area contributed by atoms with Gasteiger partial charge in [-0.2, -0.15) is 26.3 Å². The number of β-amino-alcohol motifs (C(OH)–C–C–N with tert-alkyl or cyclic N) is 2. The molecule has 0 bridgehead atoms. The number of halogens is 10. The molecular weight excluding hydrogens is 1080 g/mol. The van der Waals surface area contributed by atoms with Crippen molar-refractivity contribution in [2.45, 2.75) is 99.0 Å². The van der Waals surface area contributed by atoms with E-state index < -0.39 is 46.9 Å². The van der Waals surface area contributed by atoms with Crippen LogP contribution in [0.5, 0.6) is 0 Å². The SMILES string of the molecule is O=C(Nc1ccc(Cl)c(Cl)c1)N1CCC(O)(C(O)CN2CCC(c3ccc(C(F)(F)F)cc3)CC2)CC1.OC(CN1CCC(c2ccc(C(F)(F)F)cc2)CC1)C1(O)CCN(C(=S)Nc2ccc(Cl)c(Cl)c2)CC1. The fraction of sp³-hybridized carbons (Fsp3) is 0.500. The molecule has 2 amide bonds. The Morgan fingerprint density at radius 1 is 0.554 bits per heavy atom. The number of hydrogen-bond acceptors (Lipinski definition) is 8. The Labute approximate surface area is 452 Å². The summed E-state index contributed by atoms with van der Waals surface area (Å²) < 4.78 is 76.9. The van der Waals surface area contributed by atoms with Gasteiger partial charge < -0.3 is 50.7 Å². The zero-order chi connectivity index (χ0) is 53.6. The lowest BCUT2D eigenvalue weighted by Gasteiger charge is -2.43. The molecule has 4 aromatic rings. The lowest BCUT2D eigenvalue weighted by Crippen LogP contribution is -2.56. The average Bonchev–Trinajstić information content (AvgIpc) is 3.37. The predicted octanol–water partition coefficient (Wildman–Crippen LogP) is 11.4. The summed E-state index contributed by atoms with van der Waals surface area (Å²) in [5.41, 5.74) is -0.766. The number of aliphatic hydroxyl groups excluding tert-OH is 2. The molecule has 4 heterocycles. The van der Waals surface area contributed by atoms with Crippen molar-refractivity contribution in [1.29, 1.82) is 0 Å². The van der Waals surface area contributed by atoms with Gasteiger partial charge in [0.05, 0.1) is 54.6 Å². The number of benzene rings is 4. The van der Waals surface area contributed by atoms with Crippen LogP contribution in [0.15, 0.2) is 84.9 Å². The largest absolute Gasteiger partial charge is 0.416 e. The summed E-state index contributed by atoms with van der Waals surface area (Å²) in [4.78, 5) is 20.3. The number of rotatable bonds is 10. The number of likely N-dealkylation sites (tertiary alicyclic amines) is 4. The number of urea groups is 1. The fourth-order valence-electron chi connectivity index (χ4n) is 10.0. The second-order valence-corrected chi connectivity index (χ2v) is 21.7. The number of carbonyl (C=O) groups excluding carboxylic acids is 1. The third-order valence-electron chi connectivity index (χ3n) is 14.9. The molecule has 4 saturated heterocycles. The van der Waals surface area contributed by atoms with Crippen LogP contribution in [0.2, 0.25) is 20.1 Å². The summed E-state index contributed by atoms with van der Waals surface area (Å²) >= 11 is 29.4. The first-order chi connectivity index (χ1) is 34.9. The van der Waals surface area contributed by atoms with Gasteiger partial charge in [0.2, 0.25) is 0 Å². The second kappa shape index (κ2) is 24.8. The topological polar surface area (TPSA) is 135 Å². The summed E-state index contributed by atoms with van der Waals surface area (Å²) in [6, 6.07) is 20.4. The molecule has 4 fully saturated rings. The molecule has 4 aliphatic rings. The van der Waals surface area contributed by atoms with Crippen LogP contribution in [0.25, 0.3) is 0 Å². The molecule has 0 aliphatic carbocycles. The zero-order valence-corrected chi connectivity index (χ0v) is 44.1. The van der Waals surface area contributed by atoms with Gasteiger partial charge in [0.25, 0.3) is 0 Å². The maximum absolute atomic E-state index is 12.8. The van der Waals surface area contributed by atoms with Gasteiger partial charge in [-0.15, -0.1) is 0 Å². The zero-order valence-electron chi connectivity index (χ0n) is 40.3. The van der Waals surface area contributed by atoms with E-state index in [0.29, 0.717) is 96.1 Å². The number of nitrogens with zero attached hydrogens (tertiary/aromatic N) is 4. The standard InChI is InChI=1S/C26H30Cl2F3N3O3.C26H30Cl2F3N3O2S/c27-21-6-5-20(15-22(21)28)32-24(36)34-13-9-25(37,10-14-34)23(35)16-33-11-7-18(8-12-33)17-1-3-19(4-2-17)26(29,30)31;27-21-6-5-20(15-22(21)28)32-24(37)34-13-9-25(36,10-14-34)23(35)16-33-11-7-18(8-12-33)17-1-3-19(4-2-17)26(29,30)31/h1-6,15,18,23,35,37H,7-14,16H2,(H,32,36);1-6,15,18,23,35-36H,7-14,16H2,(H,32,37). The summed E-state index contributed by atoms with van der Waals surface area (Å²) in [5.74, 6) is 0.349. The number of nitrogens with one attached hydrogen (secondary N) is 2. The van der Waals surface area contributed by atoms with Gasteiger partial charge in [0.15, 0.2) is 5.11 Å². The quantitative estimate of drug-likeness (QED) is 0.0673. The maximum Gasteiger partial charge on any atom is 0.416 e. The molecule has 8 rings (SSSR count). The monoisotopic (exact) mass is 1130 g/mol. The summed E-state index contributed by atoms with van der Waals surface area (Å²) in [7, 11) is 0. The van der Waals surface area contributed by atoms with Crippen LogP contribution in [0, 0.1) is 0 Å². The lowest BCUT2D eigenvalue weighted by atomic mass is 9.84. The molecule has 4 aromatic carbocycles. The van der Waals surface area contributed by atoms with Gasteiger partial charge in [0, 0.05) is 50.6 Å². The Morgan fingerprint density at radius 2 is 0.905 bits per heavy atom. The first kappa shape index (κ1) is 58.0. The van der Waals surface area contributed by atoms with Crippen molar-refractivity contribution in [2.24, 2.45) is 0 Å². The van der Waals surface area contributed by atoms with Crippen molar-refractivity contribution in [3.8, 4) is 0 Å². The molecular formula is C52H60Cl4F6N6O5S. The average molecular weight is 1140 g/mol. The van der Waals surface area contributed by atoms with Crippen molar-refractivity contribution < 1.29 is 51.6 Å². The van der Waals surface area contributed by atoms with E-state index in [4.69, 9.17) is 58.6 Å². The lowest BCUT2D eigenvalue weighted by molar-refractivity contribution is -0.138. The molecule has 404 valence electrons. The molecule has 0 saturated carbocycles. The molecule has 0 spiro atoms. The molecule has 6 N–H and O–H groups in total. The van der Waals surface area contributed by atoms with Gasteiger partial charge in [0.1, 0.15) is 0 Å². The first-order valence-electron chi connectivity index (χ1n) is 24.5. The van der Waals surface area contributed by atoms with E-state index in [1.165, 1.54) is 0 Å². The Morgan fingerprint density at radius 3 is 1.26 bits per heavy atom. The van der Waals surface area contributed by atoms with E-state index >= 15 is 0 Å². The number of thiocarbonyl (C=S) groups is 1. The van der Waals surface area contributed by atoms with E-state index in [9.17, 15) is 51.6 Å². The summed E-state index contributed by atoms with van der Waals surface area (Å²) in [6.45, 7) is 4.99. The predicted molar refractivity (Wildman–Crippen MR) is 281 cm³/mol. The van der Waals surface area contributed by atoms with Crippen molar-refractivity contribution >= 4 is 81.1 Å². The Balaban J connectivity index is 0.000000216. The van der Waals surface area contributed by atoms with Crippen LogP contribution < -0.4 is 10.6 Å². The normalized spacial score (nSPS) is 20.0. The van der Waals surface area contributed by atoms with Crippen molar-refractivity contribution in [3.05, 3.63) is 127 Å². The molecule has 0 aromatic heterocycles. The highest BCUT2D eigenvalue weighted by atomic mass is 35.5. The number of piperidine rings is 4. The van der Waals surface area contributed by atoms with Gasteiger partial charge in [-0.1, -0.05) is 70.7 Å². The fourth-order valence-corrected chi connectivity index (χ4v) is 10.9. The van der Waals surface area contributed by atoms with Gasteiger partial charge >= 0.3 is 18.4 Å². The van der Waals surface area contributed by atoms with Crippen molar-refractivity contribution in [2.75, 3.05) is 76.1 Å². The van der Waals surface area contributed by atoms with Gasteiger partial charge in [-0.05, 0) is 173 Å². The van der Waals surface area contributed by atoms with E-state index in [1.807, 2.05) is 4.90 Å². The third-order valence-corrected chi connectivity index (χ3v) is 16.7. The minimum absolute atomic E-state index is 0.163. The Kier molecular flexibility index (Phi) is 19.4.